The Morgan fingerprint density at radius 3 is 2.67 bits per heavy atom. The van der Waals surface area contributed by atoms with Crippen LogP contribution in [-0.2, 0) is 0 Å². The molecule has 0 amide bonds. The van der Waals surface area contributed by atoms with E-state index in [1.165, 1.54) is 32.1 Å². The summed E-state index contributed by atoms with van der Waals surface area (Å²) in [4.78, 5) is 13.0. The Morgan fingerprint density at radius 1 is 1.10 bits per heavy atom. The molecule has 1 aliphatic rings. The van der Waals surface area contributed by atoms with E-state index in [1.807, 2.05) is 0 Å². The van der Waals surface area contributed by atoms with Crippen molar-refractivity contribution in [2.45, 2.75) is 58.4 Å². The van der Waals surface area contributed by atoms with Crippen LogP contribution in [0.3, 0.4) is 0 Å². The van der Waals surface area contributed by atoms with E-state index in [0.29, 0.717) is 23.9 Å². The molecule has 6 heteroatoms. The molecule has 2 rings (SSSR count). The summed E-state index contributed by atoms with van der Waals surface area (Å²) in [6, 6.07) is 0.800. The van der Waals surface area contributed by atoms with Gasteiger partial charge in [0, 0.05) is 12.6 Å². The first-order chi connectivity index (χ1) is 10.2. The molecular formula is C15H27N5O. The largest absolute Gasteiger partial charge is 0.467 e. The highest BCUT2D eigenvalue weighted by Crippen LogP contribution is 2.24. The van der Waals surface area contributed by atoms with Gasteiger partial charge in [0.2, 0.25) is 11.9 Å². The highest BCUT2D eigenvalue weighted by Gasteiger charge is 2.17. The second-order valence-electron chi connectivity index (χ2n) is 5.85. The lowest BCUT2D eigenvalue weighted by atomic mass is 10.0. The van der Waals surface area contributed by atoms with Gasteiger partial charge >= 0.3 is 6.01 Å². The van der Waals surface area contributed by atoms with Crippen molar-refractivity contribution in [1.29, 1.82) is 0 Å². The van der Waals surface area contributed by atoms with Gasteiger partial charge in [-0.05, 0) is 31.6 Å². The van der Waals surface area contributed by atoms with Gasteiger partial charge in [0.1, 0.15) is 0 Å². The zero-order valence-electron chi connectivity index (χ0n) is 13.4. The van der Waals surface area contributed by atoms with E-state index in [9.17, 15) is 0 Å². The molecule has 1 aliphatic carbocycles. The molecule has 1 aromatic rings. The van der Waals surface area contributed by atoms with Crippen molar-refractivity contribution in [3.8, 4) is 6.01 Å². The van der Waals surface area contributed by atoms with Gasteiger partial charge in [-0.15, -0.1) is 0 Å². The Bertz CT molecular complexity index is 440. The van der Waals surface area contributed by atoms with Gasteiger partial charge in [0.15, 0.2) is 0 Å². The molecule has 21 heavy (non-hydrogen) atoms. The highest BCUT2D eigenvalue weighted by molar-refractivity contribution is 5.36. The van der Waals surface area contributed by atoms with E-state index in [2.05, 4.69) is 39.4 Å². The SMILES string of the molecule is CCCNc1nc(NC2CCCC(C)CC2)nc(OC)n1. The van der Waals surface area contributed by atoms with Crippen molar-refractivity contribution >= 4 is 11.9 Å². The second-order valence-corrected chi connectivity index (χ2v) is 5.85. The third-order valence-electron chi connectivity index (χ3n) is 3.92. The van der Waals surface area contributed by atoms with E-state index in [0.717, 1.165) is 18.9 Å². The Labute approximate surface area is 127 Å². The van der Waals surface area contributed by atoms with Crippen LogP contribution < -0.4 is 15.4 Å². The van der Waals surface area contributed by atoms with Crippen LogP contribution in [0.25, 0.3) is 0 Å². The molecule has 0 saturated heterocycles. The molecule has 0 bridgehead atoms. The average Bonchev–Trinajstić information content (AvgIpc) is 2.69. The van der Waals surface area contributed by atoms with Crippen molar-refractivity contribution in [3.05, 3.63) is 0 Å². The number of hydrogen-bond acceptors (Lipinski definition) is 6. The van der Waals surface area contributed by atoms with Crippen LogP contribution in [0.5, 0.6) is 6.01 Å². The van der Waals surface area contributed by atoms with Gasteiger partial charge in [-0.3, -0.25) is 0 Å². The van der Waals surface area contributed by atoms with Crippen molar-refractivity contribution in [1.82, 2.24) is 15.0 Å². The van der Waals surface area contributed by atoms with E-state index in [1.54, 1.807) is 7.11 Å². The fourth-order valence-electron chi connectivity index (χ4n) is 2.64. The molecular weight excluding hydrogens is 266 g/mol. The summed E-state index contributed by atoms with van der Waals surface area (Å²) >= 11 is 0. The second kappa shape index (κ2) is 8.00. The molecule has 0 aromatic carbocycles. The zero-order valence-corrected chi connectivity index (χ0v) is 13.4. The number of methoxy groups -OCH3 is 1. The van der Waals surface area contributed by atoms with E-state index >= 15 is 0 Å². The number of hydrogen-bond donors (Lipinski definition) is 2. The molecule has 2 atom stereocenters. The van der Waals surface area contributed by atoms with Crippen molar-refractivity contribution in [2.24, 2.45) is 5.92 Å². The molecule has 2 N–H and O–H groups in total. The lowest BCUT2D eigenvalue weighted by Gasteiger charge is -2.17. The summed E-state index contributed by atoms with van der Waals surface area (Å²) in [5.41, 5.74) is 0. The molecule has 2 unspecified atom stereocenters. The highest BCUT2D eigenvalue weighted by atomic mass is 16.5. The first-order valence-electron chi connectivity index (χ1n) is 8.01. The maximum Gasteiger partial charge on any atom is 0.322 e. The molecule has 0 spiro atoms. The maximum absolute atomic E-state index is 5.16. The summed E-state index contributed by atoms with van der Waals surface area (Å²) in [5.74, 6) is 2.01. The quantitative estimate of drug-likeness (QED) is 0.785. The van der Waals surface area contributed by atoms with Gasteiger partial charge in [0.05, 0.1) is 7.11 Å². The number of aromatic nitrogens is 3. The number of ether oxygens (including phenoxy) is 1. The minimum Gasteiger partial charge on any atom is -0.467 e. The summed E-state index contributed by atoms with van der Waals surface area (Å²) in [5, 5.41) is 6.63. The van der Waals surface area contributed by atoms with Crippen molar-refractivity contribution in [2.75, 3.05) is 24.3 Å². The Hall–Kier alpha value is -1.59. The monoisotopic (exact) mass is 293 g/mol. The minimum absolute atomic E-state index is 0.355. The van der Waals surface area contributed by atoms with Crippen LogP contribution in [0.15, 0.2) is 0 Å². The Morgan fingerprint density at radius 2 is 1.90 bits per heavy atom. The van der Waals surface area contributed by atoms with Crippen LogP contribution in [0.1, 0.15) is 52.4 Å². The van der Waals surface area contributed by atoms with E-state index < -0.39 is 0 Å². The van der Waals surface area contributed by atoms with Crippen LogP contribution in [0.4, 0.5) is 11.9 Å². The zero-order chi connectivity index (χ0) is 15.1. The smallest absolute Gasteiger partial charge is 0.322 e. The summed E-state index contributed by atoms with van der Waals surface area (Å²) in [6.45, 7) is 5.28. The van der Waals surface area contributed by atoms with Crippen LogP contribution >= 0.6 is 0 Å². The first-order valence-corrected chi connectivity index (χ1v) is 8.01. The van der Waals surface area contributed by atoms with Gasteiger partial charge in [0.25, 0.3) is 0 Å². The molecule has 1 heterocycles. The molecule has 1 aromatic heterocycles. The van der Waals surface area contributed by atoms with Crippen molar-refractivity contribution < 1.29 is 4.74 Å². The number of nitrogens with zero attached hydrogens (tertiary/aromatic N) is 3. The number of nitrogens with one attached hydrogen (secondary N) is 2. The Balaban J connectivity index is 2.03. The molecule has 0 radical (unpaired) electrons. The average molecular weight is 293 g/mol. The van der Waals surface area contributed by atoms with Gasteiger partial charge in [-0.2, -0.15) is 15.0 Å². The first kappa shape index (κ1) is 15.8. The molecule has 1 saturated carbocycles. The van der Waals surface area contributed by atoms with E-state index in [4.69, 9.17) is 4.74 Å². The van der Waals surface area contributed by atoms with Gasteiger partial charge in [-0.25, -0.2) is 0 Å². The number of anilines is 2. The lowest BCUT2D eigenvalue weighted by Crippen LogP contribution is -2.21. The predicted octanol–water partition coefficient (Wildman–Crippen LogP) is 3.08. The van der Waals surface area contributed by atoms with E-state index in [-0.39, 0.29) is 0 Å². The normalized spacial score (nSPS) is 22.4. The fourth-order valence-corrected chi connectivity index (χ4v) is 2.64. The summed E-state index contributed by atoms with van der Waals surface area (Å²) in [7, 11) is 1.58. The lowest BCUT2D eigenvalue weighted by molar-refractivity contribution is 0.379. The van der Waals surface area contributed by atoms with Crippen LogP contribution in [0, 0.1) is 5.92 Å². The molecule has 118 valence electrons. The third-order valence-corrected chi connectivity index (χ3v) is 3.92. The van der Waals surface area contributed by atoms with Gasteiger partial charge in [-0.1, -0.05) is 26.7 Å². The molecule has 1 fully saturated rings. The van der Waals surface area contributed by atoms with Crippen LogP contribution in [-0.4, -0.2) is 34.6 Å². The molecule has 0 aliphatic heterocycles. The third kappa shape index (κ3) is 5.02. The minimum atomic E-state index is 0.355. The summed E-state index contributed by atoms with van der Waals surface area (Å²) in [6.07, 6.45) is 7.23. The van der Waals surface area contributed by atoms with Crippen molar-refractivity contribution in [3.63, 3.8) is 0 Å². The Kier molecular flexibility index (Phi) is 6.02. The maximum atomic E-state index is 5.16. The fraction of sp³-hybridized carbons (Fsp3) is 0.800. The summed E-state index contributed by atoms with van der Waals surface area (Å²) < 4.78 is 5.16. The van der Waals surface area contributed by atoms with Crippen LogP contribution in [0.2, 0.25) is 0 Å². The van der Waals surface area contributed by atoms with Gasteiger partial charge < -0.3 is 15.4 Å². The topological polar surface area (TPSA) is 72.0 Å². The standard InChI is InChI=1S/C15H27N5O/c1-4-10-16-13-18-14(20-15(19-13)21-3)17-12-7-5-6-11(2)8-9-12/h11-12H,4-10H2,1-3H3,(H2,16,17,18,19,20). The molecule has 6 nitrogen and oxygen atoms in total. The predicted molar refractivity (Wildman–Crippen MR) is 84.8 cm³/mol. The number of rotatable bonds is 6.